The van der Waals surface area contributed by atoms with Crippen LogP contribution in [0.25, 0.3) is 0 Å². The molecule has 1 fully saturated rings. The largest absolute Gasteiger partial charge is 0.393 e. The van der Waals surface area contributed by atoms with E-state index in [2.05, 4.69) is 0 Å². The van der Waals surface area contributed by atoms with E-state index in [4.69, 9.17) is 10.2 Å². The highest BCUT2D eigenvalue weighted by atomic mass is 19.1. The van der Waals surface area contributed by atoms with Crippen LogP contribution in [-0.2, 0) is 4.79 Å². The number of carbonyl (C=O) groups excluding carboxylic acids is 1. The van der Waals surface area contributed by atoms with Crippen molar-refractivity contribution in [3.63, 3.8) is 0 Å². The third-order valence-corrected chi connectivity index (χ3v) is 2.49. The highest BCUT2D eigenvalue weighted by Crippen LogP contribution is 2.18. The Morgan fingerprint density at radius 3 is 2.21 bits per heavy atom. The van der Waals surface area contributed by atoms with Gasteiger partial charge < -0.3 is 15.1 Å². The van der Waals surface area contributed by atoms with Gasteiger partial charge in [0.05, 0.1) is 19.6 Å². The van der Waals surface area contributed by atoms with Crippen molar-refractivity contribution in [2.45, 2.75) is 24.9 Å². The molecule has 0 saturated carbocycles. The summed E-state index contributed by atoms with van der Waals surface area (Å²) in [6.07, 6.45) is 1.46. The van der Waals surface area contributed by atoms with Gasteiger partial charge >= 0.3 is 0 Å². The molecule has 1 rings (SSSR count). The second kappa shape index (κ2) is 4.70. The van der Waals surface area contributed by atoms with Crippen molar-refractivity contribution < 1.29 is 19.4 Å². The zero-order valence-electron chi connectivity index (χ0n) is 8.08. The lowest BCUT2D eigenvalue weighted by molar-refractivity contribution is -0.135. The van der Waals surface area contributed by atoms with Crippen LogP contribution in [0, 0.1) is 0 Å². The van der Waals surface area contributed by atoms with Gasteiger partial charge in [-0.3, -0.25) is 4.79 Å². The number of amides is 1. The van der Waals surface area contributed by atoms with Crippen LogP contribution < -0.4 is 0 Å². The summed E-state index contributed by atoms with van der Waals surface area (Å²) < 4.78 is 13.4. The van der Waals surface area contributed by atoms with Crippen molar-refractivity contribution in [1.29, 1.82) is 0 Å². The number of nitrogens with zero attached hydrogens (tertiary/aromatic N) is 1. The number of likely N-dealkylation sites (tertiary alicyclic amines) is 1. The molecule has 0 bridgehead atoms. The second-order valence-electron chi connectivity index (χ2n) is 3.73. The summed E-state index contributed by atoms with van der Waals surface area (Å²) in [5, 5.41) is 17.3. The average Bonchev–Trinajstić information content (AvgIpc) is 2.70. The van der Waals surface area contributed by atoms with Crippen LogP contribution in [0.3, 0.4) is 0 Å². The van der Waals surface area contributed by atoms with Crippen molar-refractivity contribution in [3.05, 3.63) is 0 Å². The molecule has 0 aromatic rings. The lowest BCUT2D eigenvalue weighted by atomic mass is 10.0. The van der Waals surface area contributed by atoms with Gasteiger partial charge in [-0.2, -0.15) is 0 Å². The third-order valence-electron chi connectivity index (χ3n) is 2.49. The van der Waals surface area contributed by atoms with E-state index in [1.165, 1.54) is 0 Å². The van der Waals surface area contributed by atoms with E-state index in [-0.39, 0.29) is 5.91 Å². The standard InChI is InChI=1S/C9H16FNO3/c10-9(6-12,7-13)5-8(14)11-3-1-2-4-11/h12-13H,1-7H2. The molecule has 0 aromatic carbocycles. The molecule has 1 saturated heterocycles. The number of halogens is 1. The smallest absolute Gasteiger partial charge is 0.225 e. The summed E-state index contributed by atoms with van der Waals surface area (Å²) in [7, 11) is 0. The van der Waals surface area contributed by atoms with Gasteiger partial charge in [0, 0.05) is 13.1 Å². The van der Waals surface area contributed by atoms with Crippen molar-refractivity contribution in [2.75, 3.05) is 26.3 Å². The van der Waals surface area contributed by atoms with Gasteiger partial charge in [-0.05, 0) is 12.8 Å². The normalized spacial score (nSPS) is 17.5. The Morgan fingerprint density at radius 1 is 1.29 bits per heavy atom. The molecular formula is C9H16FNO3. The molecule has 0 aromatic heterocycles. The van der Waals surface area contributed by atoms with Gasteiger partial charge in [0.1, 0.15) is 0 Å². The molecule has 82 valence electrons. The van der Waals surface area contributed by atoms with Gasteiger partial charge in [-0.25, -0.2) is 4.39 Å². The predicted molar refractivity (Wildman–Crippen MR) is 48.4 cm³/mol. The molecule has 14 heavy (non-hydrogen) atoms. The van der Waals surface area contributed by atoms with Crippen molar-refractivity contribution in [3.8, 4) is 0 Å². The third kappa shape index (κ3) is 2.65. The Morgan fingerprint density at radius 2 is 1.79 bits per heavy atom. The summed E-state index contributed by atoms with van der Waals surface area (Å²) in [6.45, 7) is -0.316. The molecule has 0 aliphatic carbocycles. The van der Waals surface area contributed by atoms with Crippen LogP contribution in [0.4, 0.5) is 4.39 Å². The van der Waals surface area contributed by atoms with Gasteiger partial charge in [-0.1, -0.05) is 0 Å². The number of hydrogen-bond acceptors (Lipinski definition) is 3. The fourth-order valence-electron chi connectivity index (χ4n) is 1.51. The first kappa shape index (κ1) is 11.4. The zero-order valence-corrected chi connectivity index (χ0v) is 8.08. The lowest BCUT2D eigenvalue weighted by Gasteiger charge is -2.23. The van der Waals surface area contributed by atoms with Crippen molar-refractivity contribution >= 4 is 5.91 Å². The van der Waals surface area contributed by atoms with Crippen molar-refractivity contribution in [2.24, 2.45) is 0 Å². The molecule has 0 unspecified atom stereocenters. The molecule has 1 heterocycles. The number of carbonyl (C=O) groups is 1. The van der Waals surface area contributed by atoms with Gasteiger partial charge in [0.25, 0.3) is 0 Å². The molecule has 1 aliphatic rings. The van der Waals surface area contributed by atoms with Crippen LogP contribution in [0.1, 0.15) is 19.3 Å². The van der Waals surface area contributed by atoms with E-state index >= 15 is 0 Å². The minimum absolute atomic E-state index is 0.326. The van der Waals surface area contributed by atoms with Crippen LogP contribution in [0.2, 0.25) is 0 Å². The van der Waals surface area contributed by atoms with Crippen LogP contribution in [0.15, 0.2) is 0 Å². The lowest BCUT2D eigenvalue weighted by Crippen LogP contribution is -2.40. The Hall–Kier alpha value is -0.680. The first-order valence-corrected chi connectivity index (χ1v) is 4.80. The molecule has 0 atom stereocenters. The highest BCUT2D eigenvalue weighted by Gasteiger charge is 2.33. The number of aliphatic hydroxyl groups excluding tert-OH is 2. The maximum atomic E-state index is 13.4. The van der Waals surface area contributed by atoms with E-state index in [1.54, 1.807) is 4.90 Å². The predicted octanol–water partition coefficient (Wildman–Crippen LogP) is -0.308. The molecule has 1 amide bonds. The van der Waals surface area contributed by atoms with E-state index in [0.717, 1.165) is 12.8 Å². The monoisotopic (exact) mass is 205 g/mol. The quantitative estimate of drug-likeness (QED) is 0.662. The van der Waals surface area contributed by atoms with Crippen LogP contribution >= 0.6 is 0 Å². The van der Waals surface area contributed by atoms with E-state index in [1.807, 2.05) is 0 Å². The molecule has 5 heteroatoms. The first-order valence-electron chi connectivity index (χ1n) is 4.80. The summed E-state index contributed by atoms with van der Waals surface area (Å²) >= 11 is 0. The number of rotatable bonds is 4. The van der Waals surface area contributed by atoms with Gasteiger partial charge in [-0.15, -0.1) is 0 Å². The highest BCUT2D eigenvalue weighted by molar-refractivity contribution is 5.77. The molecule has 0 spiro atoms. The fourth-order valence-corrected chi connectivity index (χ4v) is 1.51. The van der Waals surface area contributed by atoms with Crippen molar-refractivity contribution in [1.82, 2.24) is 4.90 Å². The van der Waals surface area contributed by atoms with Crippen LogP contribution in [0.5, 0.6) is 0 Å². The number of aliphatic hydroxyl groups is 2. The SMILES string of the molecule is O=C(CC(F)(CO)CO)N1CCCC1. The van der Waals surface area contributed by atoms with Gasteiger partial charge in [0.2, 0.25) is 5.91 Å². The summed E-state index contributed by atoms with van der Waals surface area (Å²) in [6, 6.07) is 0. The second-order valence-corrected chi connectivity index (χ2v) is 3.73. The maximum Gasteiger partial charge on any atom is 0.225 e. The zero-order chi connectivity index (χ0) is 10.6. The summed E-state index contributed by atoms with van der Waals surface area (Å²) in [5.41, 5.74) is -2.17. The average molecular weight is 205 g/mol. The summed E-state index contributed by atoms with van der Waals surface area (Å²) in [4.78, 5) is 13.0. The number of alkyl halides is 1. The summed E-state index contributed by atoms with van der Waals surface area (Å²) in [5.74, 6) is -0.326. The minimum atomic E-state index is -2.17. The van der Waals surface area contributed by atoms with E-state index in [0.29, 0.717) is 13.1 Å². The Kier molecular flexibility index (Phi) is 3.83. The molecular weight excluding hydrogens is 189 g/mol. The van der Waals surface area contributed by atoms with E-state index in [9.17, 15) is 9.18 Å². The molecule has 2 N–H and O–H groups in total. The Bertz CT molecular complexity index is 200. The van der Waals surface area contributed by atoms with E-state index < -0.39 is 25.3 Å². The van der Waals surface area contributed by atoms with Crippen LogP contribution in [-0.4, -0.2) is 53.0 Å². The van der Waals surface area contributed by atoms with Gasteiger partial charge in [0.15, 0.2) is 5.67 Å². The minimum Gasteiger partial charge on any atom is -0.393 e. The maximum absolute atomic E-state index is 13.4. The molecule has 1 aliphatic heterocycles. The number of hydrogen-bond donors (Lipinski definition) is 2. The molecule has 0 radical (unpaired) electrons. The fraction of sp³-hybridized carbons (Fsp3) is 0.889. The topological polar surface area (TPSA) is 60.8 Å². The Balaban J connectivity index is 2.45. The first-order chi connectivity index (χ1) is 6.61. The Labute approximate surface area is 82.3 Å². The molecule has 4 nitrogen and oxygen atoms in total.